The van der Waals surface area contributed by atoms with Gasteiger partial charge in [0.25, 0.3) is 15.9 Å². The Labute approximate surface area is 226 Å². The van der Waals surface area contributed by atoms with Crippen LogP contribution >= 0.6 is 0 Å². The number of nitrogen functional groups attached to an aromatic ring is 1. The number of carbonyl (C=O) groups excluding carboxylic acids is 1. The van der Waals surface area contributed by atoms with Crippen molar-refractivity contribution < 1.29 is 17.9 Å². The minimum Gasteiger partial charge on any atom is -0.472 e. The number of likely N-dealkylation sites (tertiary alicyclic amines) is 1. The lowest BCUT2D eigenvalue weighted by molar-refractivity contribution is 0.0771. The molecule has 0 spiro atoms. The van der Waals surface area contributed by atoms with Gasteiger partial charge in [0.2, 0.25) is 11.8 Å². The van der Waals surface area contributed by atoms with E-state index < -0.39 is 10.0 Å². The Hall–Kier alpha value is -4.45. The average molecular weight is 548 g/mol. The first-order valence-electron chi connectivity index (χ1n) is 12.4. The molecule has 1 unspecified atom stereocenters. The van der Waals surface area contributed by atoms with Gasteiger partial charge in [0.15, 0.2) is 0 Å². The predicted molar refractivity (Wildman–Crippen MR) is 147 cm³/mol. The maximum absolute atomic E-state index is 13.0. The third kappa shape index (κ3) is 5.70. The van der Waals surface area contributed by atoms with Crippen LogP contribution in [-0.2, 0) is 17.1 Å². The zero-order valence-corrected chi connectivity index (χ0v) is 22.6. The Bertz CT molecular complexity index is 1630. The number of ether oxygens (including phenoxy) is 1. The summed E-state index contributed by atoms with van der Waals surface area (Å²) in [6.07, 6.45) is 2.89. The number of hydrogen-bond acceptors (Lipinski definition) is 8. The van der Waals surface area contributed by atoms with E-state index in [0.29, 0.717) is 36.5 Å². The van der Waals surface area contributed by atoms with Crippen molar-refractivity contribution in [3.05, 3.63) is 77.6 Å². The number of sulfonamides is 1. The SMILES string of the molecule is Cc1cccc(C)c1-c1cc(OC2CCN(C(=O)c3cccc(N)c3)C2)nc(NS(=O)(=O)c2cnn(C)c2)n1. The van der Waals surface area contributed by atoms with Gasteiger partial charge in [0, 0.05) is 49.1 Å². The van der Waals surface area contributed by atoms with Crippen LogP contribution in [0.15, 0.2) is 65.8 Å². The van der Waals surface area contributed by atoms with Gasteiger partial charge in [0.1, 0.15) is 11.0 Å². The summed E-state index contributed by atoms with van der Waals surface area (Å²) in [6, 6.07) is 14.4. The molecule has 1 atom stereocenters. The van der Waals surface area contributed by atoms with Crippen LogP contribution in [0.3, 0.4) is 0 Å². The highest BCUT2D eigenvalue weighted by atomic mass is 32.2. The molecule has 0 saturated carbocycles. The summed E-state index contributed by atoms with van der Waals surface area (Å²) in [5.41, 5.74) is 10.2. The van der Waals surface area contributed by atoms with Gasteiger partial charge < -0.3 is 15.4 Å². The van der Waals surface area contributed by atoms with Crippen LogP contribution in [0.25, 0.3) is 11.3 Å². The van der Waals surface area contributed by atoms with Crippen molar-refractivity contribution in [1.82, 2.24) is 24.6 Å². The fraction of sp³-hybridized carbons (Fsp3) is 0.259. The Morgan fingerprint density at radius 3 is 2.54 bits per heavy atom. The first-order valence-corrected chi connectivity index (χ1v) is 13.9. The Morgan fingerprint density at radius 1 is 1.10 bits per heavy atom. The number of hydrogen-bond donors (Lipinski definition) is 2. The van der Waals surface area contributed by atoms with E-state index in [1.165, 1.54) is 17.1 Å². The Balaban J connectivity index is 1.43. The van der Waals surface area contributed by atoms with E-state index in [2.05, 4.69) is 19.8 Å². The molecule has 2 aromatic carbocycles. The maximum atomic E-state index is 13.0. The zero-order valence-electron chi connectivity index (χ0n) is 21.8. The lowest BCUT2D eigenvalue weighted by atomic mass is 10.00. The fourth-order valence-corrected chi connectivity index (χ4v) is 5.55. The number of aromatic nitrogens is 4. The molecule has 2 aromatic heterocycles. The summed E-state index contributed by atoms with van der Waals surface area (Å²) in [5, 5.41) is 3.94. The topological polar surface area (TPSA) is 145 Å². The van der Waals surface area contributed by atoms with Crippen molar-refractivity contribution in [3.8, 4) is 17.1 Å². The first-order chi connectivity index (χ1) is 18.6. The van der Waals surface area contributed by atoms with Crippen LogP contribution in [0.1, 0.15) is 27.9 Å². The van der Waals surface area contributed by atoms with E-state index in [4.69, 9.17) is 10.5 Å². The van der Waals surface area contributed by atoms with E-state index >= 15 is 0 Å². The number of benzene rings is 2. The van der Waals surface area contributed by atoms with Gasteiger partial charge in [-0.3, -0.25) is 9.48 Å². The van der Waals surface area contributed by atoms with Crippen molar-refractivity contribution in [2.45, 2.75) is 31.3 Å². The summed E-state index contributed by atoms with van der Waals surface area (Å²) >= 11 is 0. The van der Waals surface area contributed by atoms with E-state index in [0.717, 1.165) is 16.7 Å². The molecule has 39 heavy (non-hydrogen) atoms. The number of nitrogens with one attached hydrogen (secondary N) is 1. The molecular weight excluding hydrogens is 518 g/mol. The minimum absolute atomic E-state index is 0.0139. The maximum Gasteiger partial charge on any atom is 0.267 e. The van der Waals surface area contributed by atoms with Gasteiger partial charge in [-0.1, -0.05) is 24.3 Å². The van der Waals surface area contributed by atoms with Gasteiger partial charge in [-0.25, -0.2) is 18.1 Å². The van der Waals surface area contributed by atoms with Crippen molar-refractivity contribution in [1.29, 1.82) is 0 Å². The second kappa shape index (κ2) is 10.4. The molecule has 0 radical (unpaired) electrons. The number of rotatable bonds is 7. The highest BCUT2D eigenvalue weighted by Crippen LogP contribution is 2.30. The zero-order chi connectivity index (χ0) is 27.7. The third-order valence-electron chi connectivity index (χ3n) is 6.51. The quantitative estimate of drug-likeness (QED) is 0.336. The van der Waals surface area contributed by atoms with Crippen LogP contribution in [0.2, 0.25) is 0 Å². The predicted octanol–water partition coefficient (Wildman–Crippen LogP) is 3.17. The molecular formula is C27H29N7O4S. The van der Waals surface area contributed by atoms with Gasteiger partial charge >= 0.3 is 0 Å². The molecule has 12 heteroatoms. The molecule has 5 rings (SSSR count). The minimum atomic E-state index is -3.99. The summed E-state index contributed by atoms with van der Waals surface area (Å²) < 4.78 is 36.0. The Kier molecular flexibility index (Phi) is 6.96. The van der Waals surface area contributed by atoms with Crippen LogP contribution in [0.5, 0.6) is 5.88 Å². The number of nitrogens with two attached hydrogens (primary N) is 1. The van der Waals surface area contributed by atoms with Crippen molar-refractivity contribution in [2.75, 3.05) is 23.5 Å². The number of amides is 1. The molecule has 3 N–H and O–H groups in total. The van der Waals surface area contributed by atoms with E-state index in [-0.39, 0.29) is 28.7 Å². The van der Waals surface area contributed by atoms with Gasteiger partial charge in [-0.15, -0.1) is 0 Å². The first kappa shape index (κ1) is 26.2. The largest absolute Gasteiger partial charge is 0.472 e. The fourth-order valence-electron chi connectivity index (χ4n) is 4.63. The van der Waals surface area contributed by atoms with Gasteiger partial charge in [0.05, 0.1) is 18.4 Å². The molecule has 1 fully saturated rings. The highest BCUT2D eigenvalue weighted by Gasteiger charge is 2.29. The van der Waals surface area contributed by atoms with Crippen molar-refractivity contribution in [3.63, 3.8) is 0 Å². The molecule has 1 saturated heterocycles. The number of anilines is 2. The van der Waals surface area contributed by atoms with Crippen LogP contribution in [0.4, 0.5) is 11.6 Å². The van der Waals surface area contributed by atoms with E-state index in [1.807, 2.05) is 32.0 Å². The molecule has 0 bridgehead atoms. The molecule has 3 heterocycles. The molecule has 1 aliphatic rings. The lowest BCUT2D eigenvalue weighted by Crippen LogP contribution is -2.31. The van der Waals surface area contributed by atoms with Crippen molar-refractivity contribution in [2.24, 2.45) is 7.05 Å². The Morgan fingerprint density at radius 2 is 1.85 bits per heavy atom. The van der Waals surface area contributed by atoms with Crippen LogP contribution in [0, 0.1) is 13.8 Å². The number of nitrogens with zero attached hydrogens (tertiary/aromatic N) is 5. The van der Waals surface area contributed by atoms with E-state index in [9.17, 15) is 13.2 Å². The second-order valence-corrected chi connectivity index (χ2v) is 11.2. The van der Waals surface area contributed by atoms with Gasteiger partial charge in [-0.2, -0.15) is 10.1 Å². The number of carbonyl (C=O) groups is 1. The summed E-state index contributed by atoms with van der Waals surface area (Å²) in [4.78, 5) is 23.5. The summed E-state index contributed by atoms with van der Waals surface area (Å²) in [5.74, 6) is -0.0493. The monoisotopic (exact) mass is 547 g/mol. The second-order valence-electron chi connectivity index (χ2n) is 9.54. The van der Waals surface area contributed by atoms with E-state index in [1.54, 1.807) is 42.3 Å². The molecule has 11 nitrogen and oxygen atoms in total. The molecule has 1 amide bonds. The smallest absolute Gasteiger partial charge is 0.267 e. The highest BCUT2D eigenvalue weighted by molar-refractivity contribution is 7.92. The average Bonchev–Trinajstić information content (AvgIpc) is 3.53. The van der Waals surface area contributed by atoms with Crippen LogP contribution in [-0.4, -0.2) is 58.2 Å². The summed E-state index contributed by atoms with van der Waals surface area (Å²) in [6.45, 7) is 4.78. The van der Waals surface area contributed by atoms with Gasteiger partial charge in [-0.05, 0) is 43.2 Å². The molecule has 1 aliphatic heterocycles. The standard InChI is InChI=1S/C27H29N7O4S/c1-17-6-4-7-18(2)25(17)23-13-24(31-27(30-23)32-39(36,37)22-14-29-33(3)16-22)38-21-10-11-34(15-21)26(35)19-8-5-9-20(28)12-19/h4-9,12-14,16,21H,10-11,15,28H2,1-3H3,(H,30,31,32). The summed E-state index contributed by atoms with van der Waals surface area (Å²) in [7, 11) is -2.36. The van der Waals surface area contributed by atoms with Crippen LogP contribution < -0.4 is 15.2 Å². The molecule has 0 aliphatic carbocycles. The molecule has 202 valence electrons. The molecule has 4 aromatic rings. The third-order valence-corrected chi connectivity index (χ3v) is 7.79. The number of aryl methyl sites for hydroxylation is 3. The normalized spacial score (nSPS) is 15.4. The van der Waals surface area contributed by atoms with Crippen molar-refractivity contribution >= 4 is 27.6 Å². The lowest BCUT2D eigenvalue weighted by Gasteiger charge is -2.18.